The quantitative estimate of drug-likeness (QED) is 0.920. The molecule has 0 aromatic heterocycles. The number of ether oxygens (including phenoxy) is 2. The standard InChI is InChI=1S/C18H17NO4/c1-22-11-9-15-12(16(10-11)23-2)7-8-19-17(20)13-5-3-4-6-14(13)18(15,19)21/h3-6,9-10,21H,7-8H2,1-2H3. The molecule has 4 rings (SSSR count). The van der Waals surface area contributed by atoms with Gasteiger partial charge in [0.05, 0.1) is 14.2 Å². The van der Waals surface area contributed by atoms with Gasteiger partial charge in [-0.1, -0.05) is 18.2 Å². The second kappa shape index (κ2) is 4.73. The highest BCUT2D eigenvalue weighted by atomic mass is 16.5. The molecule has 2 aromatic rings. The van der Waals surface area contributed by atoms with Crippen molar-refractivity contribution in [3.05, 3.63) is 58.7 Å². The van der Waals surface area contributed by atoms with E-state index in [1.165, 1.54) is 4.90 Å². The van der Waals surface area contributed by atoms with Gasteiger partial charge in [0.15, 0.2) is 5.72 Å². The predicted octanol–water partition coefficient (Wildman–Crippen LogP) is 1.91. The number of fused-ring (bicyclic) bond motifs is 5. The van der Waals surface area contributed by atoms with Gasteiger partial charge in [-0.2, -0.15) is 0 Å². The van der Waals surface area contributed by atoms with Gasteiger partial charge >= 0.3 is 0 Å². The highest BCUT2D eigenvalue weighted by molar-refractivity contribution is 6.00. The van der Waals surface area contributed by atoms with Gasteiger partial charge in [-0.25, -0.2) is 0 Å². The van der Waals surface area contributed by atoms with Crippen molar-refractivity contribution in [1.29, 1.82) is 0 Å². The summed E-state index contributed by atoms with van der Waals surface area (Å²) in [6.07, 6.45) is 0.630. The lowest BCUT2D eigenvalue weighted by atomic mass is 9.85. The summed E-state index contributed by atoms with van der Waals surface area (Å²) < 4.78 is 10.8. The fourth-order valence-corrected chi connectivity index (χ4v) is 3.68. The second-order valence-electron chi connectivity index (χ2n) is 5.78. The van der Waals surface area contributed by atoms with Crippen LogP contribution in [0.15, 0.2) is 36.4 Å². The van der Waals surface area contributed by atoms with Crippen LogP contribution in [0.4, 0.5) is 0 Å². The van der Waals surface area contributed by atoms with Crippen molar-refractivity contribution in [3.63, 3.8) is 0 Å². The van der Waals surface area contributed by atoms with Crippen molar-refractivity contribution >= 4 is 5.91 Å². The zero-order valence-electron chi connectivity index (χ0n) is 13.0. The molecule has 0 fully saturated rings. The Labute approximate surface area is 134 Å². The molecule has 0 radical (unpaired) electrons. The molecule has 2 aromatic carbocycles. The number of methoxy groups -OCH3 is 2. The number of hydrogen-bond donors (Lipinski definition) is 1. The highest BCUT2D eigenvalue weighted by Crippen LogP contribution is 2.48. The minimum atomic E-state index is -1.47. The smallest absolute Gasteiger partial charge is 0.257 e. The first kappa shape index (κ1) is 14.1. The molecule has 5 heteroatoms. The van der Waals surface area contributed by atoms with Gasteiger partial charge in [-0.15, -0.1) is 0 Å². The maximum absolute atomic E-state index is 12.7. The maximum Gasteiger partial charge on any atom is 0.257 e. The number of rotatable bonds is 2. The van der Waals surface area contributed by atoms with Gasteiger partial charge in [0.2, 0.25) is 0 Å². The fourth-order valence-electron chi connectivity index (χ4n) is 3.68. The van der Waals surface area contributed by atoms with Gasteiger partial charge in [0, 0.05) is 34.9 Å². The van der Waals surface area contributed by atoms with Crippen LogP contribution in [0.5, 0.6) is 11.5 Å². The highest BCUT2D eigenvalue weighted by Gasteiger charge is 2.53. The third kappa shape index (κ3) is 1.68. The summed E-state index contributed by atoms with van der Waals surface area (Å²) in [5.74, 6) is 1.12. The third-order valence-electron chi connectivity index (χ3n) is 4.77. The molecule has 2 aliphatic rings. The molecule has 0 saturated carbocycles. The van der Waals surface area contributed by atoms with Crippen LogP contribution in [0.1, 0.15) is 27.0 Å². The van der Waals surface area contributed by atoms with Crippen LogP contribution < -0.4 is 9.47 Å². The van der Waals surface area contributed by atoms with E-state index < -0.39 is 5.72 Å². The Morgan fingerprint density at radius 2 is 1.91 bits per heavy atom. The van der Waals surface area contributed by atoms with Crippen molar-refractivity contribution in [2.24, 2.45) is 0 Å². The van der Waals surface area contributed by atoms with Crippen LogP contribution in [0.3, 0.4) is 0 Å². The molecule has 118 valence electrons. The van der Waals surface area contributed by atoms with E-state index in [2.05, 4.69) is 0 Å². The molecule has 0 aliphatic carbocycles. The van der Waals surface area contributed by atoms with Crippen LogP contribution in [0, 0.1) is 0 Å². The lowest BCUT2D eigenvalue weighted by Gasteiger charge is -2.40. The predicted molar refractivity (Wildman–Crippen MR) is 83.7 cm³/mol. The fraction of sp³-hybridized carbons (Fsp3) is 0.278. The maximum atomic E-state index is 12.7. The molecule has 1 amide bonds. The number of benzene rings is 2. The Hall–Kier alpha value is -2.53. The van der Waals surface area contributed by atoms with Crippen molar-refractivity contribution < 1.29 is 19.4 Å². The Bertz CT molecular complexity index is 817. The Morgan fingerprint density at radius 1 is 1.13 bits per heavy atom. The minimum absolute atomic E-state index is 0.143. The lowest BCUT2D eigenvalue weighted by molar-refractivity contribution is -0.0567. The van der Waals surface area contributed by atoms with Crippen LogP contribution in [-0.2, 0) is 12.1 Å². The average molecular weight is 311 g/mol. The second-order valence-corrected chi connectivity index (χ2v) is 5.78. The van der Waals surface area contributed by atoms with E-state index in [4.69, 9.17) is 9.47 Å². The Morgan fingerprint density at radius 3 is 2.65 bits per heavy atom. The number of nitrogens with zero attached hydrogens (tertiary/aromatic N) is 1. The van der Waals surface area contributed by atoms with E-state index in [9.17, 15) is 9.90 Å². The first-order valence-electron chi connectivity index (χ1n) is 7.50. The lowest BCUT2D eigenvalue weighted by Crippen LogP contribution is -2.49. The third-order valence-corrected chi connectivity index (χ3v) is 4.77. The molecule has 2 aliphatic heterocycles. The van der Waals surface area contributed by atoms with E-state index in [1.807, 2.05) is 12.1 Å². The average Bonchev–Trinajstić information content (AvgIpc) is 2.83. The van der Waals surface area contributed by atoms with Gasteiger partial charge in [0.1, 0.15) is 11.5 Å². The molecule has 1 unspecified atom stereocenters. The summed E-state index contributed by atoms with van der Waals surface area (Å²) in [4.78, 5) is 14.2. The van der Waals surface area contributed by atoms with Crippen LogP contribution in [0.2, 0.25) is 0 Å². The van der Waals surface area contributed by atoms with Crippen LogP contribution in [-0.4, -0.2) is 36.7 Å². The Balaban J connectivity index is 2.03. The molecule has 0 bridgehead atoms. The molecule has 23 heavy (non-hydrogen) atoms. The van der Waals surface area contributed by atoms with Gasteiger partial charge in [0.25, 0.3) is 5.91 Å². The van der Waals surface area contributed by atoms with Crippen LogP contribution >= 0.6 is 0 Å². The molecule has 2 heterocycles. The molecular formula is C18H17NO4. The zero-order chi connectivity index (χ0) is 16.2. The molecule has 5 nitrogen and oxygen atoms in total. The van der Waals surface area contributed by atoms with Gasteiger partial charge in [-0.3, -0.25) is 4.79 Å². The number of carbonyl (C=O) groups excluding carboxylic acids is 1. The molecule has 1 N–H and O–H groups in total. The van der Waals surface area contributed by atoms with E-state index in [1.54, 1.807) is 38.5 Å². The SMILES string of the molecule is COc1cc(OC)c2c(c1)C1(O)c3ccccc3C(=O)N1CC2. The summed E-state index contributed by atoms with van der Waals surface area (Å²) in [6.45, 7) is 0.444. The monoisotopic (exact) mass is 311 g/mol. The topological polar surface area (TPSA) is 59.0 Å². The number of aliphatic hydroxyl groups is 1. The van der Waals surface area contributed by atoms with Gasteiger partial charge in [-0.05, 0) is 18.6 Å². The van der Waals surface area contributed by atoms with Crippen molar-refractivity contribution in [3.8, 4) is 11.5 Å². The molecular weight excluding hydrogens is 294 g/mol. The summed E-state index contributed by atoms with van der Waals surface area (Å²) in [7, 11) is 3.17. The number of hydrogen-bond acceptors (Lipinski definition) is 4. The van der Waals surface area contributed by atoms with Crippen molar-refractivity contribution in [2.45, 2.75) is 12.1 Å². The van der Waals surface area contributed by atoms with Gasteiger partial charge < -0.3 is 19.5 Å². The molecule has 0 saturated heterocycles. The first-order chi connectivity index (χ1) is 11.1. The summed E-state index contributed by atoms with van der Waals surface area (Å²) in [5, 5.41) is 11.5. The van der Waals surface area contributed by atoms with E-state index >= 15 is 0 Å². The van der Waals surface area contributed by atoms with Crippen LogP contribution in [0.25, 0.3) is 0 Å². The number of carbonyl (C=O) groups is 1. The summed E-state index contributed by atoms with van der Waals surface area (Å²) in [6, 6.07) is 10.8. The number of amides is 1. The summed E-state index contributed by atoms with van der Waals surface area (Å²) >= 11 is 0. The normalized spacial score (nSPS) is 21.5. The van der Waals surface area contributed by atoms with Crippen molar-refractivity contribution in [1.82, 2.24) is 4.90 Å². The minimum Gasteiger partial charge on any atom is -0.497 e. The summed E-state index contributed by atoms with van der Waals surface area (Å²) in [5.41, 5.74) is 1.25. The molecule has 0 spiro atoms. The Kier molecular flexibility index (Phi) is 2.90. The van der Waals surface area contributed by atoms with E-state index in [-0.39, 0.29) is 5.91 Å². The van der Waals surface area contributed by atoms with Crippen molar-refractivity contribution in [2.75, 3.05) is 20.8 Å². The van der Waals surface area contributed by atoms with E-state index in [0.29, 0.717) is 41.2 Å². The zero-order valence-corrected chi connectivity index (χ0v) is 13.0. The molecule has 1 atom stereocenters. The first-order valence-corrected chi connectivity index (χ1v) is 7.50. The van der Waals surface area contributed by atoms with E-state index in [0.717, 1.165) is 5.56 Å². The largest absolute Gasteiger partial charge is 0.497 e.